The minimum atomic E-state index is -3.58. The Morgan fingerprint density at radius 1 is 1.50 bits per heavy atom. The number of rotatable bonds is 3. The Morgan fingerprint density at radius 2 is 2.17 bits per heavy atom. The number of nitrogen functional groups attached to an aromatic ring is 1. The van der Waals surface area contributed by atoms with Crippen LogP contribution in [0.4, 0.5) is 5.69 Å². The van der Waals surface area contributed by atoms with E-state index in [1.807, 2.05) is 0 Å². The zero-order chi connectivity index (χ0) is 13.6. The standard InChI is InChI=1S/C10H14N4O3S/c1-10(2)9(15)14(18(10,16)17)6-8-5-7(13-11)3-4-12-8/h3-5H,6,11H2,1-2H3,(H,12,13). The third-order valence-electron chi connectivity index (χ3n) is 2.97. The lowest BCUT2D eigenvalue weighted by molar-refractivity contribution is -0.132. The highest BCUT2D eigenvalue weighted by Gasteiger charge is 2.60. The van der Waals surface area contributed by atoms with Gasteiger partial charge in [-0.1, -0.05) is 0 Å². The SMILES string of the molecule is CC1(C)C(=O)N(Cc2cc(NN)ccn2)S1(=O)=O. The lowest BCUT2D eigenvalue weighted by Crippen LogP contribution is -2.66. The molecule has 0 unspecified atom stereocenters. The van der Waals surface area contributed by atoms with Crippen molar-refractivity contribution >= 4 is 21.6 Å². The Morgan fingerprint density at radius 3 is 2.72 bits per heavy atom. The molecule has 1 aliphatic rings. The second-order valence-corrected chi connectivity index (χ2v) is 6.92. The fraction of sp³-hybridized carbons (Fsp3) is 0.400. The molecule has 2 rings (SSSR count). The Balaban J connectivity index is 2.24. The molecule has 0 bridgehead atoms. The number of sulfonamides is 1. The molecule has 3 N–H and O–H groups in total. The maximum Gasteiger partial charge on any atom is 0.259 e. The third kappa shape index (κ3) is 1.65. The second kappa shape index (κ2) is 3.92. The molecule has 1 aromatic rings. The van der Waals surface area contributed by atoms with Crippen molar-refractivity contribution in [2.45, 2.75) is 25.1 Å². The number of hydrogen-bond acceptors (Lipinski definition) is 6. The zero-order valence-corrected chi connectivity index (χ0v) is 10.9. The summed E-state index contributed by atoms with van der Waals surface area (Å²) in [5.41, 5.74) is 3.49. The van der Waals surface area contributed by atoms with Crippen LogP contribution in [-0.4, -0.2) is 28.4 Å². The van der Waals surface area contributed by atoms with Crippen molar-refractivity contribution in [1.29, 1.82) is 0 Å². The Bertz CT molecular complexity index is 597. The first kappa shape index (κ1) is 12.8. The van der Waals surface area contributed by atoms with E-state index in [1.54, 1.807) is 12.1 Å². The number of nitrogens with two attached hydrogens (primary N) is 1. The highest BCUT2D eigenvalue weighted by molar-refractivity contribution is 7.94. The topological polar surface area (TPSA) is 105 Å². The number of nitrogens with zero attached hydrogens (tertiary/aromatic N) is 2. The van der Waals surface area contributed by atoms with Gasteiger partial charge in [0.05, 0.1) is 17.9 Å². The number of anilines is 1. The third-order valence-corrected chi connectivity index (χ3v) is 5.31. The molecule has 0 aromatic carbocycles. The van der Waals surface area contributed by atoms with Crippen LogP contribution in [-0.2, 0) is 21.4 Å². The second-order valence-electron chi connectivity index (χ2n) is 4.51. The predicted molar refractivity (Wildman–Crippen MR) is 65.6 cm³/mol. The molecule has 1 amide bonds. The van der Waals surface area contributed by atoms with Gasteiger partial charge in [-0.3, -0.25) is 15.6 Å². The van der Waals surface area contributed by atoms with Crippen molar-refractivity contribution in [3.63, 3.8) is 0 Å². The van der Waals surface area contributed by atoms with Gasteiger partial charge in [-0.2, -0.15) is 0 Å². The van der Waals surface area contributed by atoms with E-state index in [9.17, 15) is 13.2 Å². The van der Waals surface area contributed by atoms with E-state index >= 15 is 0 Å². The van der Waals surface area contributed by atoms with Crippen molar-refractivity contribution in [1.82, 2.24) is 9.29 Å². The smallest absolute Gasteiger partial charge is 0.259 e. The molecule has 0 aliphatic carbocycles. The zero-order valence-electron chi connectivity index (χ0n) is 10.0. The van der Waals surface area contributed by atoms with Crippen LogP contribution < -0.4 is 11.3 Å². The predicted octanol–water partition coefficient (Wildman–Crippen LogP) is -0.182. The highest BCUT2D eigenvalue weighted by Crippen LogP contribution is 2.35. The van der Waals surface area contributed by atoms with E-state index < -0.39 is 20.7 Å². The summed E-state index contributed by atoms with van der Waals surface area (Å²) in [4.78, 5) is 15.7. The highest BCUT2D eigenvalue weighted by atomic mass is 32.2. The summed E-state index contributed by atoms with van der Waals surface area (Å²) in [6.45, 7) is 2.72. The minimum Gasteiger partial charge on any atom is -0.324 e. The van der Waals surface area contributed by atoms with Crippen molar-refractivity contribution in [2.75, 3.05) is 5.43 Å². The molecule has 2 heterocycles. The fourth-order valence-corrected chi connectivity index (χ4v) is 3.21. The van der Waals surface area contributed by atoms with Gasteiger partial charge in [-0.15, -0.1) is 0 Å². The first-order valence-corrected chi connectivity index (χ1v) is 6.73. The molecule has 1 aliphatic heterocycles. The molecule has 0 spiro atoms. The van der Waals surface area contributed by atoms with Crippen LogP contribution in [0.3, 0.4) is 0 Å². The van der Waals surface area contributed by atoms with Crippen molar-refractivity contribution in [3.8, 4) is 0 Å². The summed E-state index contributed by atoms with van der Waals surface area (Å²) in [6.07, 6.45) is 1.49. The molecular weight excluding hydrogens is 256 g/mol. The van der Waals surface area contributed by atoms with E-state index in [2.05, 4.69) is 10.4 Å². The van der Waals surface area contributed by atoms with Gasteiger partial charge in [-0.25, -0.2) is 12.7 Å². The fourth-order valence-electron chi connectivity index (χ4n) is 1.71. The summed E-state index contributed by atoms with van der Waals surface area (Å²) < 4.78 is 23.2. The van der Waals surface area contributed by atoms with Gasteiger partial charge in [0.1, 0.15) is 0 Å². The molecule has 1 aromatic heterocycles. The van der Waals surface area contributed by atoms with Gasteiger partial charge in [0.2, 0.25) is 0 Å². The number of amides is 1. The van der Waals surface area contributed by atoms with Crippen molar-refractivity contribution in [3.05, 3.63) is 24.0 Å². The summed E-state index contributed by atoms with van der Waals surface area (Å²) in [6, 6.07) is 3.23. The molecule has 18 heavy (non-hydrogen) atoms. The van der Waals surface area contributed by atoms with Crippen LogP contribution in [0.2, 0.25) is 0 Å². The van der Waals surface area contributed by atoms with Gasteiger partial charge in [-0.05, 0) is 26.0 Å². The molecular formula is C10H14N4O3S. The van der Waals surface area contributed by atoms with Crippen LogP contribution in [0, 0.1) is 0 Å². The number of hydrazine groups is 1. The first-order valence-electron chi connectivity index (χ1n) is 5.29. The lowest BCUT2D eigenvalue weighted by Gasteiger charge is -2.42. The monoisotopic (exact) mass is 270 g/mol. The number of nitrogens with one attached hydrogen (secondary N) is 1. The summed E-state index contributed by atoms with van der Waals surface area (Å²) >= 11 is 0. The molecule has 7 nitrogen and oxygen atoms in total. The average molecular weight is 270 g/mol. The van der Waals surface area contributed by atoms with Crippen LogP contribution in [0.25, 0.3) is 0 Å². The quantitative estimate of drug-likeness (QED) is 0.583. The number of pyridine rings is 1. The summed E-state index contributed by atoms with van der Waals surface area (Å²) in [5, 5.41) is 0. The number of hydrogen-bond donors (Lipinski definition) is 2. The number of aromatic nitrogens is 1. The van der Waals surface area contributed by atoms with Gasteiger partial charge < -0.3 is 5.43 Å². The van der Waals surface area contributed by atoms with E-state index in [0.29, 0.717) is 11.4 Å². The maximum absolute atomic E-state index is 11.9. The molecule has 0 atom stereocenters. The lowest BCUT2D eigenvalue weighted by atomic mass is 10.2. The van der Waals surface area contributed by atoms with E-state index in [0.717, 1.165) is 4.31 Å². The van der Waals surface area contributed by atoms with Gasteiger partial charge in [0.15, 0.2) is 4.75 Å². The molecule has 8 heteroatoms. The molecule has 0 saturated carbocycles. The van der Waals surface area contributed by atoms with Gasteiger partial charge in [0.25, 0.3) is 15.9 Å². The van der Waals surface area contributed by atoms with E-state index in [1.165, 1.54) is 20.0 Å². The Kier molecular flexibility index (Phi) is 2.78. The van der Waals surface area contributed by atoms with E-state index in [4.69, 9.17) is 5.84 Å². The Labute approximate surface area is 105 Å². The van der Waals surface area contributed by atoms with Crippen LogP contribution in [0.1, 0.15) is 19.5 Å². The molecule has 1 fully saturated rings. The molecule has 0 radical (unpaired) electrons. The molecule has 1 saturated heterocycles. The normalized spacial score (nSPS) is 20.4. The minimum absolute atomic E-state index is 0.0693. The summed E-state index contributed by atoms with van der Waals surface area (Å²) in [5.74, 6) is 4.82. The van der Waals surface area contributed by atoms with Gasteiger partial charge in [0, 0.05) is 6.20 Å². The average Bonchev–Trinajstić information content (AvgIpc) is 2.35. The van der Waals surface area contributed by atoms with Crippen molar-refractivity contribution < 1.29 is 13.2 Å². The van der Waals surface area contributed by atoms with Crippen LogP contribution in [0.5, 0.6) is 0 Å². The maximum atomic E-state index is 11.9. The van der Waals surface area contributed by atoms with Crippen molar-refractivity contribution in [2.24, 2.45) is 5.84 Å². The largest absolute Gasteiger partial charge is 0.324 e. The Hall–Kier alpha value is -1.67. The first-order chi connectivity index (χ1) is 8.30. The molecule has 98 valence electrons. The number of carbonyl (C=O) groups is 1. The van der Waals surface area contributed by atoms with Gasteiger partial charge >= 0.3 is 0 Å². The van der Waals surface area contributed by atoms with E-state index in [-0.39, 0.29) is 6.54 Å². The summed E-state index contributed by atoms with van der Waals surface area (Å²) in [7, 11) is -3.58. The van der Waals surface area contributed by atoms with Crippen LogP contribution in [0.15, 0.2) is 18.3 Å². The van der Waals surface area contributed by atoms with Crippen LogP contribution >= 0.6 is 0 Å². The number of carbonyl (C=O) groups excluding carboxylic acids is 1.